The average molecular weight is 413 g/mol. The number of amides is 1. The fraction of sp³-hybridized carbons (Fsp3) is 0.250. The first kappa shape index (κ1) is 19.4. The standard InChI is InChI=1S/C24H23N5O2/c1-17-2-4-18(5-3-17)14-23(30)28-12-13-31-22(16-28)24-21-7-6-20(15-29(21)27-26-24)19-8-10-25-11-9-19/h2-11,15,22H,12-14,16H2,1H3/t22-/m0/s1. The number of carbonyl (C=O) groups excluding carboxylic acids is 1. The first-order valence-corrected chi connectivity index (χ1v) is 10.4. The number of hydrogen-bond acceptors (Lipinski definition) is 5. The number of carbonyl (C=O) groups is 1. The molecule has 1 aromatic carbocycles. The Hall–Kier alpha value is -3.58. The van der Waals surface area contributed by atoms with Gasteiger partial charge in [-0.1, -0.05) is 41.1 Å². The smallest absolute Gasteiger partial charge is 0.227 e. The molecule has 1 aliphatic heterocycles. The molecule has 156 valence electrons. The number of aryl methyl sites for hydroxylation is 1. The summed E-state index contributed by atoms with van der Waals surface area (Å²) in [6.45, 7) is 3.59. The van der Waals surface area contributed by atoms with Crippen LogP contribution in [-0.2, 0) is 16.0 Å². The van der Waals surface area contributed by atoms with Gasteiger partial charge in [-0.15, -0.1) is 5.10 Å². The Morgan fingerprint density at radius 2 is 1.87 bits per heavy atom. The molecule has 0 aliphatic carbocycles. The van der Waals surface area contributed by atoms with E-state index in [1.807, 2.05) is 66.6 Å². The second-order valence-electron chi connectivity index (χ2n) is 7.82. The molecule has 0 unspecified atom stereocenters. The van der Waals surface area contributed by atoms with E-state index in [0.717, 1.165) is 27.9 Å². The van der Waals surface area contributed by atoms with Crippen LogP contribution in [0.3, 0.4) is 0 Å². The highest BCUT2D eigenvalue weighted by molar-refractivity contribution is 5.79. The molecule has 4 heterocycles. The molecule has 1 amide bonds. The van der Waals surface area contributed by atoms with Crippen LogP contribution in [0, 0.1) is 6.92 Å². The monoisotopic (exact) mass is 413 g/mol. The molecule has 0 saturated carbocycles. The van der Waals surface area contributed by atoms with E-state index in [4.69, 9.17) is 4.74 Å². The maximum absolute atomic E-state index is 12.9. The van der Waals surface area contributed by atoms with Crippen LogP contribution in [0.2, 0.25) is 0 Å². The number of morpholine rings is 1. The van der Waals surface area contributed by atoms with Crippen molar-refractivity contribution in [2.24, 2.45) is 0 Å². The maximum Gasteiger partial charge on any atom is 0.227 e. The molecule has 4 aromatic rings. The van der Waals surface area contributed by atoms with Gasteiger partial charge in [0.1, 0.15) is 11.8 Å². The number of ether oxygens (including phenoxy) is 1. The summed E-state index contributed by atoms with van der Waals surface area (Å²) < 4.78 is 7.74. The van der Waals surface area contributed by atoms with Crippen molar-refractivity contribution in [2.45, 2.75) is 19.4 Å². The number of nitrogens with zero attached hydrogens (tertiary/aromatic N) is 5. The highest BCUT2D eigenvalue weighted by Gasteiger charge is 2.28. The van der Waals surface area contributed by atoms with Crippen molar-refractivity contribution in [3.63, 3.8) is 0 Å². The predicted octanol–water partition coefficient (Wildman–Crippen LogP) is 3.24. The average Bonchev–Trinajstić information content (AvgIpc) is 3.24. The van der Waals surface area contributed by atoms with E-state index in [0.29, 0.717) is 26.1 Å². The topological polar surface area (TPSA) is 72.6 Å². The zero-order valence-corrected chi connectivity index (χ0v) is 17.3. The summed E-state index contributed by atoms with van der Waals surface area (Å²) in [5.41, 5.74) is 5.96. The molecule has 5 rings (SSSR count). The molecule has 0 N–H and O–H groups in total. The molecule has 31 heavy (non-hydrogen) atoms. The van der Waals surface area contributed by atoms with Gasteiger partial charge in [0.15, 0.2) is 0 Å². The highest BCUT2D eigenvalue weighted by Crippen LogP contribution is 2.26. The van der Waals surface area contributed by atoms with Crippen molar-refractivity contribution in [1.29, 1.82) is 0 Å². The third-order valence-corrected chi connectivity index (χ3v) is 5.65. The van der Waals surface area contributed by atoms with Crippen LogP contribution >= 0.6 is 0 Å². The molecule has 3 aromatic heterocycles. The minimum Gasteiger partial charge on any atom is -0.368 e. The minimum absolute atomic E-state index is 0.105. The molecule has 1 fully saturated rings. The summed E-state index contributed by atoms with van der Waals surface area (Å²) in [5, 5.41) is 8.67. The van der Waals surface area contributed by atoms with Gasteiger partial charge in [0.05, 0.1) is 25.1 Å². The van der Waals surface area contributed by atoms with E-state index in [1.54, 1.807) is 16.9 Å². The van der Waals surface area contributed by atoms with Crippen LogP contribution in [0.1, 0.15) is 22.9 Å². The van der Waals surface area contributed by atoms with E-state index in [1.165, 1.54) is 5.56 Å². The van der Waals surface area contributed by atoms with Crippen LogP contribution in [0.5, 0.6) is 0 Å². The molecule has 1 atom stereocenters. The quantitative estimate of drug-likeness (QED) is 0.514. The Bertz CT molecular complexity index is 1200. The Morgan fingerprint density at radius 3 is 2.68 bits per heavy atom. The number of fused-ring (bicyclic) bond motifs is 1. The Balaban J connectivity index is 1.34. The van der Waals surface area contributed by atoms with Crippen molar-refractivity contribution in [2.75, 3.05) is 19.7 Å². The summed E-state index contributed by atoms with van der Waals surface area (Å²) in [6.07, 6.45) is 5.59. The Kier molecular flexibility index (Phi) is 5.18. The second-order valence-corrected chi connectivity index (χ2v) is 7.82. The number of benzene rings is 1. The van der Waals surface area contributed by atoms with Crippen molar-refractivity contribution < 1.29 is 9.53 Å². The van der Waals surface area contributed by atoms with Gasteiger partial charge in [-0.25, -0.2) is 4.52 Å². The minimum atomic E-state index is -0.292. The molecule has 7 nitrogen and oxygen atoms in total. The third-order valence-electron chi connectivity index (χ3n) is 5.65. The lowest BCUT2D eigenvalue weighted by Crippen LogP contribution is -2.43. The van der Waals surface area contributed by atoms with Gasteiger partial charge in [-0.05, 0) is 36.2 Å². The fourth-order valence-corrected chi connectivity index (χ4v) is 3.89. The van der Waals surface area contributed by atoms with Gasteiger partial charge >= 0.3 is 0 Å². The molecule has 0 radical (unpaired) electrons. The molecule has 0 bridgehead atoms. The van der Waals surface area contributed by atoms with Gasteiger partial charge in [0.2, 0.25) is 5.91 Å². The summed E-state index contributed by atoms with van der Waals surface area (Å²) in [4.78, 5) is 18.8. The maximum atomic E-state index is 12.9. The van der Waals surface area contributed by atoms with Crippen molar-refractivity contribution in [3.05, 3.63) is 83.9 Å². The van der Waals surface area contributed by atoms with Crippen molar-refractivity contribution in [1.82, 2.24) is 24.7 Å². The molecular weight excluding hydrogens is 390 g/mol. The fourth-order valence-electron chi connectivity index (χ4n) is 3.89. The SMILES string of the molecule is Cc1ccc(CC(=O)N2CCO[C@H](c3nnn4cc(-c5ccncc5)ccc34)C2)cc1. The molecule has 1 saturated heterocycles. The van der Waals surface area contributed by atoms with Gasteiger partial charge in [0.25, 0.3) is 0 Å². The second kappa shape index (κ2) is 8.28. The van der Waals surface area contributed by atoms with E-state index in [2.05, 4.69) is 15.3 Å². The first-order chi connectivity index (χ1) is 15.2. The summed E-state index contributed by atoms with van der Waals surface area (Å²) in [7, 11) is 0. The zero-order chi connectivity index (χ0) is 21.2. The molecule has 7 heteroatoms. The van der Waals surface area contributed by atoms with Crippen molar-refractivity contribution in [3.8, 4) is 11.1 Å². The largest absolute Gasteiger partial charge is 0.368 e. The first-order valence-electron chi connectivity index (χ1n) is 10.4. The Morgan fingerprint density at radius 1 is 1.06 bits per heavy atom. The van der Waals surface area contributed by atoms with E-state index in [9.17, 15) is 4.79 Å². The third kappa shape index (κ3) is 4.04. The number of aromatic nitrogens is 4. The predicted molar refractivity (Wildman–Crippen MR) is 116 cm³/mol. The van der Waals surface area contributed by atoms with E-state index >= 15 is 0 Å². The van der Waals surface area contributed by atoms with E-state index < -0.39 is 0 Å². The lowest BCUT2D eigenvalue weighted by molar-refractivity contribution is -0.138. The normalized spacial score (nSPS) is 16.5. The molecule has 1 aliphatic rings. The van der Waals surface area contributed by atoms with Crippen LogP contribution in [0.15, 0.2) is 67.1 Å². The van der Waals surface area contributed by atoms with Crippen LogP contribution in [0.4, 0.5) is 0 Å². The van der Waals surface area contributed by atoms with Crippen LogP contribution in [-0.4, -0.2) is 50.3 Å². The number of pyridine rings is 2. The summed E-state index contributed by atoms with van der Waals surface area (Å²) in [6, 6.07) is 16.1. The lowest BCUT2D eigenvalue weighted by Gasteiger charge is -2.32. The van der Waals surface area contributed by atoms with Gasteiger partial charge < -0.3 is 9.64 Å². The van der Waals surface area contributed by atoms with Crippen LogP contribution in [0.25, 0.3) is 16.6 Å². The summed E-state index contributed by atoms with van der Waals surface area (Å²) >= 11 is 0. The lowest BCUT2D eigenvalue weighted by atomic mass is 10.1. The van der Waals surface area contributed by atoms with Gasteiger partial charge in [-0.3, -0.25) is 9.78 Å². The van der Waals surface area contributed by atoms with Crippen molar-refractivity contribution >= 4 is 11.4 Å². The Labute approximate surface area is 180 Å². The molecular formula is C24H23N5O2. The van der Waals surface area contributed by atoms with Crippen LogP contribution < -0.4 is 0 Å². The number of hydrogen-bond donors (Lipinski definition) is 0. The zero-order valence-electron chi connectivity index (χ0n) is 17.3. The number of rotatable bonds is 4. The highest BCUT2D eigenvalue weighted by atomic mass is 16.5. The van der Waals surface area contributed by atoms with Gasteiger partial charge in [0, 0.05) is 30.7 Å². The van der Waals surface area contributed by atoms with E-state index in [-0.39, 0.29) is 12.0 Å². The molecule has 0 spiro atoms. The summed E-state index contributed by atoms with van der Waals surface area (Å²) in [5.74, 6) is 0.105. The van der Waals surface area contributed by atoms with Gasteiger partial charge in [-0.2, -0.15) is 0 Å².